The minimum Gasteiger partial charge on any atom is -0.365 e. The van der Waals surface area contributed by atoms with E-state index in [2.05, 4.69) is 14.9 Å². The summed E-state index contributed by atoms with van der Waals surface area (Å²) < 4.78 is 5.71. The first kappa shape index (κ1) is 14.4. The van der Waals surface area contributed by atoms with E-state index in [0.29, 0.717) is 13.2 Å². The minimum atomic E-state index is -0.393. The Kier molecular flexibility index (Phi) is 3.83. The van der Waals surface area contributed by atoms with Gasteiger partial charge in [-0.3, -0.25) is 9.78 Å². The van der Waals surface area contributed by atoms with Crippen molar-refractivity contribution < 1.29 is 9.53 Å². The van der Waals surface area contributed by atoms with E-state index in [-0.39, 0.29) is 5.91 Å². The molecule has 1 amide bonds. The quantitative estimate of drug-likeness (QED) is 0.840. The third kappa shape index (κ3) is 2.86. The lowest BCUT2D eigenvalue weighted by molar-refractivity contribution is -0.143. The number of aromatic nitrogens is 2. The number of likely N-dealkylation sites (tertiary alicyclic amines) is 1. The average Bonchev–Trinajstić information content (AvgIpc) is 3.15. The van der Waals surface area contributed by atoms with Crippen LogP contribution in [0.4, 0.5) is 5.82 Å². The molecule has 2 aliphatic rings. The van der Waals surface area contributed by atoms with E-state index < -0.39 is 6.10 Å². The standard InChI is InChI=1S/C17H20N4O2/c22-17(20-7-3-4-8-20)15-12-21(9-10-23-15)16-11-18-13-5-1-2-6-14(13)19-16/h1-2,5-6,11,15H,3-4,7-10,12H2. The first-order chi connectivity index (χ1) is 11.3. The minimum absolute atomic E-state index is 0.112. The van der Waals surface area contributed by atoms with Crippen molar-refractivity contribution in [2.24, 2.45) is 0 Å². The Labute approximate surface area is 135 Å². The lowest BCUT2D eigenvalue weighted by Gasteiger charge is -2.34. The molecule has 1 aromatic carbocycles. The summed E-state index contributed by atoms with van der Waals surface area (Å²) in [6, 6.07) is 7.82. The molecule has 2 aliphatic heterocycles. The molecule has 1 unspecified atom stereocenters. The highest BCUT2D eigenvalue weighted by molar-refractivity contribution is 5.82. The van der Waals surface area contributed by atoms with Gasteiger partial charge in [0.15, 0.2) is 6.10 Å². The molecular formula is C17H20N4O2. The molecule has 4 rings (SSSR count). The van der Waals surface area contributed by atoms with Crippen LogP contribution in [0.15, 0.2) is 30.5 Å². The van der Waals surface area contributed by atoms with Crippen LogP contribution in [0.5, 0.6) is 0 Å². The van der Waals surface area contributed by atoms with Gasteiger partial charge in [0.25, 0.3) is 5.91 Å². The van der Waals surface area contributed by atoms with Gasteiger partial charge >= 0.3 is 0 Å². The molecule has 23 heavy (non-hydrogen) atoms. The zero-order chi connectivity index (χ0) is 15.6. The molecular weight excluding hydrogens is 292 g/mol. The van der Waals surface area contributed by atoms with E-state index in [4.69, 9.17) is 4.74 Å². The molecule has 1 atom stereocenters. The van der Waals surface area contributed by atoms with Crippen molar-refractivity contribution in [1.29, 1.82) is 0 Å². The Morgan fingerprint density at radius 1 is 1.13 bits per heavy atom. The smallest absolute Gasteiger partial charge is 0.253 e. The van der Waals surface area contributed by atoms with Crippen molar-refractivity contribution >= 4 is 22.8 Å². The maximum atomic E-state index is 12.5. The van der Waals surface area contributed by atoms with Crippen LogP contribution in [-0.2, 0) is 9.53 Å². The van der Waals surface area contributed by atoms with Crippen molar-refractivity contribution in [3.05, 3.63) is 30.5 Å². The maximum absolute atomic E-state index is 12.5. The molecule has 1 aromatic heterocycles. The molecule has 0 bridgehead atoms. The summed E-state index contributed by atoms with van der Waals surface area (Å²) >= 11 is 0. The molecule has 0 radical (unpaired) electrons. The van der Waals surface area contributed by atoms with E-state index in [9.17, 15) is 4.79 Å². The van der Waals surface area contributed by atoms with Crippen LogP contribution in [0.2, 0.25) is 0 Å². The van der Waals surface area contributed by atoms with E-state index in [1.807, 2.05) is 29.2 Å². The van der Waals surface area contributed by atoms with Crippen LogP contribution in [0.3, 0.4) is 0 Å². The molecule has 2 aromatic rings. The number of rotatable bonds is 2. The number of anilines is 1. The van der Waals surface area contributed by atoms with E-state index in [1.165, 1.54) is 0 Å². The zero-order valence-electron chi connectivity index (χ0n) is 13.0. The highest BCUT2D eigenvalue weighted by Gasteiger charge is 2.32. The fraction of sp³-hybridized carbons (Fsp3) is 0.471. The van der Waals surface area contributed by atoms with Gasteiger partial charge in [0.1, 0.15) is 5.82 Å². The third-order valence-electron chi connectivity index (χ3n) is 4.52. The second-order valence-corrected chi connectivity index (χ2v) is 6.05. The molecule has 6 heteroatoms. The van der Waals surface area contributed by atoms with E-state index in [1.54, 1.807) is 6.20 Å². The highest BCUT2D eigenvalue weighted by atomic mass is 16.5. The Hall–Kier alpha value is -2.21. The van der Waals surface area contributed by atoms with E-state index >= 15 is 0 Å². The summed E-state index contributed by atoms with van der Waals surface area (Å²) in [6.07, 6.45) is 3.58. The summed E-state index contributed by atoms with van der Waals surface area (Å²) in [7, 11) is 0. The van der Waals surface area contributed by atoms with Gasteiger partial charge in [0.05, 0.1) is 30.4 Å². The molecule has 3 heterocycles. The summed E-state index contributed by atoms with van der Waals surface area (Å²) in [5.74, 6) is 0.923. The lowest BCUT2D eigenvalue weighted by Crippen LogP contribution is -2.50. The summed E-state index contributed by atoms with van der Waals surface area (Å²) in [4.78, 5) is 25.7. The topological polar surface area (TPSA) is 58.6 Å². The number of ether oxygens (including phenoxy) is 1. The monoisotopic (exact) mass is 312 g/mol. The number of amides is 1. The van der Waals surface area contributed by atoms with Crippen molar-refractivity contribution in [3.63, 3.8) is 0 Å². The molecule has 0 N–H and O–H groups in total. The van der Waals surface area contributed by atoms with Crippen LogP contribution in [-0.4, -0.2) is 59.7 Å². The Balaban J connectivity index is 1.52. The number of hydrogen-bond acceptors (Lipinski definition) is 5. The molecule has 6 nitrogen and oxygen atoms in total. The molecule has 0 saturated carbocycles. The van der Waals surface area contributed by atoms with Gasteiger partial charge in [0, 0.05) is 19.6 Å². The van der Waals surface area contributed by atoms with Crippen molar-refractivity contribution in [2.45, 2.75) is 18.9 Å². The van der Waals surface area contributed by atoms with Gasteiger partial charge in [-0.05, 0) is 25.0 Å². The fourth-order valence-corrected chi connectivity index (χ4v) is 3.25. The van der Waals surface area contributed by atoms with E-state index in [0.717, 1.165) is 49.3 Å². The number of carbonyl (C=O) groups is 1. The van der Waals surface area contributed by atoms with Crippen molar-refractivity contribution in [3.8, 4) is 0 Å². The number of para-hydroxylation sites is 2. The lowest BCUT2D eigenvalue weighted by atomic mass is 10.2. The second kappa shape index (κ2) is 6.12. The maximum Gasteiger partial charge on any atom is 0.253 e. The van der Waals surface area contributed by atoms with Crippen LogP contribution in [0.1, 0.15) is 12.8 Å². The van der Waals surface area contributed by atoms with Gasteiger partial charge in [-0.1, -0.05) is 12.1 Å². The second-order valence-electron chi connectivity index (χ2n) is 6.05. The molecule has 0 spiro atoms. The number of carbonyl (C=O) groups excluding carboxylic acids is 1. The van der Waals surface area contributed by atoms with Crippen LogP contribution >= 0.6 is 0 Å². The highest BCUT2D eigenvalue weighted by Crippen LogP contribution is 2.20. The van der Waals surface area contributed by atoms with Gasteiger partial charge < -0.3 is 14.5 Å². The number of benzene rings is 1. The predicted molar refractivity (Wildman–Crippen MR) is 87.3 cm³/mol. The Morgan fingerprint density at radius 3 is 2.74 bits per heavy atom. The zero-order valence-corrected chi connectivity index (χ0v) is 13.0. The third-order valence-corrected chi connectivity index (χ3v) is 4.52. The SMILES string of the molecule is O=C(C1CN(c2cnc3ccccc3n2)CCO1)N1CCCC1. The number of fused-ring (bicyclic) bond motifs is 1. The molecule has 2 saturated heterocycles. The van der Waals surface area contributed by atoms with Gasteiger partial charge in [-0.15, -0.1) is 0 Å². The van der Waals surface area contributed by atoms with Gasteiger partial charge in [-0.25, -0.2) is 4.98 Å². The largest absolute Gasteiger partial charge is 0.365 e. The molecule has 2 fully saturated rings. The van der Waals surface area contributed by atoms with Gasteiger partial charge in [-0.2, -0.15) is 0 Å². The summed E-state index contributed by atoms with van der Waals surface area (Å²) in [5, 5.41) is 0. The van der Waals surface area contributed by atoms with Crippen LogP contribution in [0.25, 0.3) is 11.0 Å². The number of morpholine rings is 1. The van der Waals surface area contributed by atoms with Crippen molar-refractivity contribution in [1.82, 2.24) is 14.9 Å². The summed E-state index contributed by atoms with van der Waals surface area (Å²) in [5.41, 5.74) is 1.76. The number of hydrogen-bond donors (Lipinski definition) is 0. The normalized spacial score (nSPS) is 21.8. The van der Waals surface area contributed by atoms with Crippen molar-refractivity contribution in [2.75, 3.05) is 37.7 Å². The molecule has 0 aliphatic carbocycles. The Bertz CT molecular complexity index is 715. The fourth-order valence-electron chi connectivity index (χ4n) is 3.25. The van der Waals surface area contributed by atoms with Gasteiger partial charge in [0.2, 0.25) is 0 Å². The first-order valence-electron chi connectivity index (χ1n) is 8.18. The first-order valence-corrected chi connectivity index (χ1v) is 8.18. The molecule has 120 valence electrons. The van der Waals surface area contributed by atoms with Crippen LogP contribution in [0, 0.1) is 0 Å². The summed E-state index contributed by atoms with van der Waals surface area (Å²) in [6.45, 7) is 3.53. The number of nitrogens with zero attached hydrogens (tertiary/aromatic N) is 4. The predicted octanol–water partition coefficient (Wildman–Crippen LogP) is 1.46. The Morgan fingerprint density at radius 2 is 1.91 bits per heavy atom. The van der Waals surface area contributed by atoms with Crippen LogP contribution < -0.4 is 4.90 Å². The average molecular weight is 312 g/mol.